The maximum atomic E-state index is 13.0. The molecule has 0 aromatic heterocycles. The Hall–Kier alpha value is -1.69. The average molecular weight is 269 g/mol. The van der Waals surface area contributed by atoms with Crippen molar-refractivity contribution in [2.75, 3.05) is 25.0 Å². The van der Waals surface area contributed by atoms with Gasteiger partial charge in [0, 0.05) is 12.6 Å². The molecule has 5 nitrogen and oxygen atoms in total. The molecule has 1 unspecified atom stereocenters. The zero-order chi connectivity index (χ0) is 14.4. The van der Waals surface area contributed by atoms with Crippen molar-refractivity contribution in [3.63, 3.8) is 0 Å². The molecule has 0 fully saturated rings. The van der Waals surface area contributed by atoms with Crippen molar-refractivity contribution in [3.8, 4) is 0 Å². The van der Waals surface area contributed by atoms with E-state index in [4.69, 9.17) is 0 Å². The van der Waals surface area contributed by atoms with Crippen molar-refractivity contribution < 1.29 is 9.31 Å². The fourth-order valence-electron chi connectivity index (χ4n) is 1.96. The first-order chi connectivity index (χ1) is 8.97. The molecule has 106 valence electrons. The number of anilines is 1. The van der Waals surface area contributed by atoms with Gasteiger partial charge in [0.25, 0.3) is 5.69 Å². The summed E-state index contributed by atoms with van der Waals surface area (Å²) in [5.74, 6) is -0.603. The van der Waals surface area contributed by atoms with Crippen molar-refractivity contribution in [2.24, 2.45) is 0 Å². The fourth-order valence-corrected chi connectivity index (χ4v) is 1.96. The second-order valence-electron chi connectivity index (χ2n) is 4.45. The Labute approximate surface area is 112 Å². The van der Waals surface area contributed by atoms with Gasteiger partial charge in [-0.25, -0.2) is 4.39 Å². The Balaban J connectivity index is 2.78. The number of rotatable bonds is 7. The predicted molar refractivity (Wildman–Crippen MR) is 73.9 cm³/mol. The first kappa shape index (κ1) is 15.4. The highest BCUT2D eigenvalue weighted by Crippen LogP contribution is 2.25. The number of nitro benzene ring substituents is 1. The number of nitrogens with zero attached hydrogens (tertiary/aromatic N) is 2. The lowest BCUT2D eigenvalue weighted by molar-refractivity contribution is -0.384. The van der Waals surface area contributed by atoms with Gasteiger partial charge in [0.05, 0.1) is 11.0 Å². The van der Waals surface area contributed by atoms with E-state index < -0.39 is 10.7 Å². The number of likely N-dealkylation sites (N-methyl/N-ethyl adjacent to an activating group) is 1. The lowest BCUT2D eigenvalue weighted by atomic mass is 10.2. The number of halogens is 1. The molecule has 0 saturated carbocycles. The molecule has 1 aromatic rings. The van der Waals surface area contributed by atoms with Crippen LogP contribution in [0.25, 0.3) is 0 Å². The quantitative estimate of drug-likeness (QED) is 0.611. The molecule has 1 rings (SSSR count). The maximum Gasteiger partial charge on any atom is 0.295 e. The molecule has 0 amide bonds. The standard InChI is InChI=1S/C13H20FN3O2/c1-4-16(5-2)9-10(3)15-12-7-6-11(14)8-13(12)17(18)19/h6-8,10,15H,4-5,9H2,1-3H3. The normalized spacial score (nSPS) is 12.5. The molecular formula is C13H20FN3O2. The van der Waals surface area contributed by atoms with Crippen LogP contribution in [0.15, 0.2) is 18.2 Å². The van der Waals surface area contributed by atoms with Crippen molar-refractivity contribution in [3.05, 3.63) is 34.1 Å². The van der Waals surface area contributed by atoms with Crippen LogP contribution in [0.2, 0.25) is 0 Å². The lowest BCUT2D eigenvalue weighted by Crippen LogP contribution is -2.34. The maximum absolute atomic E-state index is 13.0. The number of nitrogens with one attached hydrogen (secondary N) is 1. The summed E-state index contributed by atoms with van der Waals surface area (Å²) in [5, 5.41) is 13.9. The van der Waals surface area contributed by atoms with E-state index in [0.29, 0.717) is 5.69 Å². The van der Waals surface area contributed by atoms with Gasteiger partial charge in [-0.05, 0) is 32.1 Å². The summed E-state index contributed by atoms with van der Waals surface area (Å²) in [7, 11) is 0. The molecule has 0 heterocycles. The fraction of sp³-hybridized carbons (Fsp3) is 0.538. The van der Waals surface area contributed by atoms with Gasteiger partial charge in [0.15, 0.2) is 0 Å². The molecule has 6 heteroatoms. The summed E-state index contributed by atoms with van der Waals surface area (Å²) in [6, 6.07) is 3.61. The van der Waals surface area contributed by atoms with Gasteiger partial charge < -0.3 is 10.2 Å². The van der Waals surface area contributed by atoms with Gasteiger partial charge in [-0.3, -0.25) is 10.1 Å². The van der Waals surface area contributed by atoms with Gasteiger partial charge in [0.1, 0.15) is 11.5 Å². The van der Waals surface area contributed by atoms with E-state index in [1.165, 1.54) is 12.1 Å². The Kier molecular flexibility index (Phi) is 5.69. The Morgan fingerprint density at radius 1 is 1.42 bits per heavy atom. The molecule has 1 aromatic carbocycles. The molecule has 0 bridgehead atoms. The summed E-state index contributed by atoms with van der Waals surface area (Å²) >= 11 is 0. The van der Waals surface area contributed by atoms with Crippen LogP contribution in [0.5, 0.6) is 0 Å². The van der Waals surface area contributed by atoms with E-state index >= 15 is 0 Å². The van der Waals surface area contributed by atoms with E-state index in [1.54, 1.807) is 0 Å². The van der Waals surface area contributed by atoms with Crippen molar-refractivity contribution in [2.45, 2.75) is 26.8 Å². The topological polar surface area (TPSA) is 58.4 Å². The van der Waals surface area contributed by atoms with Gasteiger partial charge in [-0.15, -0.1) is 0 Å². The minimum Gasteiger partial charge on any atom is -0.376 e. The van der Waals surface area contributed by atoms with Crippen LogP contribution >= 0.6 is 0 Å². The van der Waals surface area contributed by atoms with Gasteiger partial charge >= 0.3 is 0 Å². The zero-order valence-corrected chi connectivity index (χ0v) is 11.5. The van der Waals surface area contributed by atoms with Crippen LogP contribution in [0.3, 0.4) is 0 Å². The molecule has 1 N–H and O–H groups in total. The first-order valence-corrected chi connectivity index (χ1v) is 6.40. The number of benzene rings is 1. The third kappa shape index (κ3) is 4.48. The summed E-state index contributed by atoms with van der Waals surface area (Å²) in [6.45, 7) is 8.71. The largest absolute Gasteiger partial charge is 0.376 e. The Morgan fingerprint density at radius 2 is 2.05 bits per heavy atom. The van der Waals surface area contributed by atoms with Crippen LogP contribution in [-0.4, -0.2) is 35.5 Å². The second-order valence-corrected chi connectivity index (χ2v) is 4.45. The molecular weight excluding hydrogens is 249 g/mol. The summed E-state index contributed by atoms with van der Waals surface area (Å²) in [6.07, 6.45) is 0. The van der Waals surface area contributed by atoms with Crippen LogP contribution in [-0.2, 0) is 0 Å². The molecule has 0 aliphatic rings. The number of hydrogen-bond donors (Lipinski definition) is 1. The molecule has 0 saturated heterocycles. The molecule has 19 heavy (non-hydrogen) atoms. The van der Waals surface area contributed by atoms with E-state index in [-0.39, 0.29) is 11.7 Å². The highest BCUT2D eigenvalue weighted by atomic mass is 19.1. The van der Waals surface area contributed by atoms with Crippen LogP contribution in [0.1, 0.15) is 20.8 Å². The molecule has 0 aliphatic carbocycles. The van der Waals surface area contributed by atoms with Crippen molar-refractivity contribution >= 4 is 11.4 Å². The average Bonchev–Trinajstić information content (AvgIpc) is 2.37. The molecule has 0 aliphatic heterocycles. The third-order valence-corrected chi connectivity index (χ3v) is 2.98. The minimum atomic E-state index is -0.603. The second kappa shape index (κ2) is 7.04. The first-order valence-electron chi connectivity index (χ1n) is 6.40. The summed E-state index contributed by atoms with van der Waals surface area (Å²) in [4.78, 5) is 12.5. The highest BCUT2D eigenvalue weighted by Gasteiger charge is 2.17. The Bertz CT molecular complexity index is 436. The highest BCUT2D eigenvalue weighted by molar-refractivity contribution is 5.61. The predicted octanol–water partition coefficient (Wildman–Crippen LogP) is 2.88. The SMILES string of the molecule is CCN(CC)CC(C)Nc1ccc(F)cc1[N+](=O)[O-]. The van der Waals surface area contributed by atoms with E-state index in [2.05, 4.69) is 24.1 Å². The van der Waals surface area contributed by atoms with E-state index in [0.717, 1.165) is 25.7 Å². The smallest absolute Gasteiger partial charge is 0.295 e. The van der Waals surface area contributed by atoms with Gasteiger partial charge in [-0.1, -0.05) is 13.8 Å². The van der Waals surface area contributed by atoms with Crippen LogP contribution < -0.4 is 5.32 Å². The monoisotopic (exact) mass is 269 g/mol. The third-order valence-electron chi connectivity index (χ3n) is 2.98. The molecule has 0 spiro atoms. The zero-order valence-electron chi connectivity index (χ0n) is 11.5. The summed E-state index contributed by atoms with van der Waals surface area (Å²) in [5.41, 5.74) is 0.123. The van der Waals surface area contributed by atoms with Gasteiger partial charge in [0.2, 0.25) is 0 Å². The molecule has 0 radical (unpaired) electrons. The minimum absolute atomic E-state index is 0.0454. The van der Waals surface area contributed by atoms with E-state index in [9.17, 15) is 14.5 Å². The number of nitro groups is 1. The number of hydrogen-bond acceptors (Lipinski definition) is 4. The van der Waals surface area contributed by atoms with Gasteiger partial charge in [-0.2, -0.15) is 0 Å². The summed E-state index contributed by atoms with van der Waals surface area (Å²) < 4.78 is 13.0. The van der Waals surface area contributed by atoms with Crippen molar-refractivity contribution in [1.82, 2.24) is 4.90 Å². The Morgan fingerprint density at radius 3 is 2.58 bits per heavy atom. The molecule has 1 atom stereocenters. The van der Waals surface area contributed by atoms with Crippen molar-refractivity contribution in [1.29, 1.82) is 0 Å². The van der Waals surface area contributed by atoms with E-state index in [1.807, 2.05) is 6.92 Å². The van der Waals surface area contributed by atoms with Crippen LogP contribution in [0.4, 0.5) is 15.8 Å². The van der Waals surface area contributed by atoms with Crippen LogP contribution in [0, 0.1) is 15.9 Å². The lowest BCUT2D eigenvalue weighted by Gasteiger charge is -2.24.